The topological polar surface area (TPSA) is 58.1 Å². The zero-order valence-electron chi connectivity index (χ0n) is 16.9. The van der Waals surface area contributed by atoms with Crippen LogP contribution in [0.5, 0.6) is 0 Å². The minimum absolute atomic E-state index is 0.0525. The monoisotopic (exact) mass is 386 g/mol. The van der Waals surface area contributed by atoms with E-state index in [2.05, 4.69) is 39.5 Å². The Kier molecular flexibility index (Phi) is 5.56. The van der Waals surface area contributed by atoms with Gasteiger partial charge >= 0.3 is 0 Å². The molecule has 2 heterocycles. The number of anilines is 2. The summed E-state index contributed by atoms with van der Waals surface area (Å²) >= 11 is 0. The fraction of sp³-hybridized carbons (Fsp3) is 0.292. The van der Waals surface area contributed by atoms with Crippen molar-refractivity contribution < 1.29 is 4.79 Å². The molecule has 5 nitrogen and oxygen atoms in total. The number of carbonyl (C=O) groups is 1. The van der Waals surface area contributed by atoms with Crippen LogP contribution in [-0.4, -0.2) is 29.2 Å². The highest BCUT2D eigenvalue weighted by molar-refractivity contribution is 5.93. The maximum Gasteiger partial charge on any atom is 0.229 e. The molecule has 1 fully saturated rings. The molecule has 0 unspecified atom stereocenters. The number of nitrogens with zero attached hydrogens (tertiary/aromatic N) is 3. The van der Waals surface area contributed by atoms with Gasteiger partial charge in [0.15, 0.2) is 5.82 Å². The molecule has 0 bridgehead atoms. The third-order valence-electron chi connectivity index (χ3n) is 5.40. The molecule has 1 aromatic heterocycles. The molecule has 1 atom stereocenters. The van der Waals surface area contributed by atoms with Crippen LogP contribution in [-0.2, 0) is 4.79 Å². The molecule has 1 N–H and O–H groups in total. The quantitative estimate of drug-likeness (QED) is 0.711. The van der Waals surface area contributed by atoms with Gasteiger partial charge in [0.05, 0.1) is 11.6 Å². The summed E-state index contributed by atoms with van der Waals surface area (Å²) in [5.41, 5.74) is 5.16. The zero-order valence-corrected chi connectivity index (χ0v) is 16.9. The summed E-state index contributed by atoms with van der Waals surface area (Å²) in [5.74, 6) is 0.848. The molecule has 1 amide bonds. The van der Waals surface area contributed by atoms with Crippen molar-refractivity contribution in [2.24, 2.45) is 5.92 Å². The van der Waals surface area contributed by atoms with E-state index in [1.807, 2.05) is 55.5 Å². The number of aryl methyl sites for hydroxylation is 2. The van der Waals surface area contributed by atoms with Gasteiger partial charge in [0.1, 0.15) is 0 Å². The van der Waals surface area contributed by atoms with Crippen LogP contribution in [0.15, 0.2) is 60.7 Å². The summed E-state index contributed by atoms with van der Waals surface area (Å²) in [7, 11) is 0. The van der Waals surface area contributed by atoms with Crippen molar-refractivity contribution in [2.45, 2.75) is 26.7 Å². The molecule has 0 aliphatic carbocycles. The Labute approximate surface area is 171 Å². The summed E-state index contributed by atoms with van der Waals surface area (Å²) < 4.78 is 0. The van der Waals surface area contributed by atoms with Crippen molar-refractivity contribution in [1.29, 1.82) is 0 Å². The first-order chi connectivity index (χ1) is 14.1. The van der Waals surface area contributed by atoms with Gasteiger partial charge in [0.2, 0.25) is 5.91 Å². The molecule has 4 rings (SSSR count). The standard InChI is InChI=1S/C24H26N4O/c1-17-8-10-21(11-9-17)25-24(29)20-7-4-14-28(16-20)23-13-12-22(26-27-23)19-6-3-5-18(2)15-19/h3,5-6,8-13,15,20H,4,7,14,16H2,1-2H3,(H,25,29)/t20-/m1/s1. The van der Waals surface area contributed by atoms with Crippen molar-refractivity contribution in [3.63, 3.8) is 0 Å². The van der Waals surface area contributed by atoms with Crippen molar-refractivity contribution in [2.75, 3.05) is 23.3 Å². The summed E-state index contributed by atoms with van der Waals surface area (Å²) in [4.78, 5) is 14.9. The molecule has 5 heteroatoms. The van der Waals surface area contributed by atoms with Gasteiger partial charge < -0.3 is 10.2 Å². The number of benzene rings is 2. The van der Waals surface area contributed by atoms with E-state index in [4.69, 9.17) is 0 Å². The van der Waals surface area contributed by atoms with Gasteiger partial charge in [-0.3, -0.25) is 4.79 Å². The highest BCUT2D eigenvalue weighted by Gasteiger charge is 2.26. The number of hydrogen-bond donors (Lipinski definition) is 1. The normalized spacial score (nSPS) is 16.5. The lowest BCUT2D eigenvalue weighted by Gasteiger charge is -2.32. The van der Waals surface area contributed by atoms with Gasteiger partial charge in [-0.25, -0.2) is 0 Å². The predicted molar refractivity (Wildman–Crippen MR) is 117 cm³/mol. The summed E-state index contributed by atoms with van der Waals surface area (Å²) in [6, 6.07) is 20.2. The number of rotatable bonds is 4. The molecule has 148 valence electrons. The lowest BCUT2D eigenvalue weighted by atomic mass is 9.97. The SMILES string of the molecule is Cc1ccc(NC(=O)[C@@H]2CCCN(c3ccc(-c4cccc(C)c4)nn3)C2)cc1. The molecule has 1 saturated heterocycles. The number of nitrogens with one attached hydrogen (secondary N) is 1. The smallest absolute Gasteiger partial charge is 0.229 e. The Morgan fingerprint density at radius 2 is 1.83 bits per heavy atom. The van der Waals surface area contributed by atoms with Crippen molar-refractivity contribution >= 4 is 17.4 Å². The van der Waals surface area contributed by atoms with Crippen LogP contribution in [0.2, 0.25) is 0 Å². The van der Waals surface area contributed by atoms with Gasteiger partial charge in [-0.1, -0.05) is 41.5 Å². The number of piperidine rings is 1. The lowest BCUT2D eigenvalue weighted by molar-refractivity contribution is -0.120. The minimum atomic E-state index is -0.0525. The molecule has 0 radical (unpaired) electrons. The number of hydrogen-bond acceptors (Lipinski definition) is 4. The second-order valence-corrected chi connectivity index (χ2v) is 7.79. The van der Waals surface area contributed by atoms with E-state index >= 15 is 0 Å². The predicted octanol–water partition coefficient (Wildman–Crippen LogP) is 4.62. The maximum atomic E-state index is 12.7. The highest BCUT2D eigenvalue weighted by Crippen LogP contribution is 2.24. The van der Waals surface area contributed by atoms with E-state index in [0.717, 1.165) is 42.1 Å². The Bertz CT molecular complexity index is 983. The van der Waals surface area contributed by atoms with Gasteiger partial charge in [-0.15, -0.1) is 10.2 Å². The maximum absolute atomic E-state index is 12.7. The Hall–Kier alpha value is -3.21. The second kappa shape index (κ2) is 8.43. The largest absolute Gasteiger partial charge is 0.354 e. The van der Waals surface area contributed by atoms with E-state index < -0.39 is 0 Å². The average Bonchev–Trinajstić information content (AvgIpc) is 2.75. The van der Waals surface area contributed by atoms with Crippen molar-refractivity contribution in [3.05, 3.63) is 71.8 Å². The molecular formula is C24H26N4O. The third-order valence-corrected chi connectivity index (χ3v) is 5.40. The lowest BCUT2D eigenvalue weighted by Crippen LogP contribution is -2.41. The van der Waals surface area contributed by atoms with Gasteiger partial charge in [-0.05, 0) is 57.0 Å². The molecular weight excluding hydrogens is 360 g/mol. The molecule has 0 spiro atoms. The number of amides is 1. The van der Waals surface area contributed by atoms with Crippen LogP contribution in [0.4, 0.5) is 11.5 Å². The Morgan fingerprint density at radius 3 is 2.55 bits per heavy atom. The van der Waals surface area contributed by atoms with Crippen LogP contribution >= 0.6 is 0 Å². The average molecular weight is 386 g/mol. The van der Waals surface area contributed by atoms with Gasteiger partial charge in [0, 0.05) is 24.3 Å². The van der Waals surface area contributed by atoms with E-state index in [0.29, 0.717) is 6.54 Å². The van der Waals surface area contributed by atoms with Crippen LogP contribution in [0.3, 0.4) is 0 Å². The summed E-state index contributed by atoms with van der Waals surface area (Å²) in [6.07, 6.45) is 1.86. The fourth-order valence-corrected chi connectivity index (χ4v) is 3.73. The second-order valence-electron chi connectivity index (χ2n) is 7.79. The molecule has 1 aliphatic heterocycles. The van der Waals surface area contributed by atoms with Gasteiger partial charge in [-0.2, -0.15) is 0 Å². The third kappa shape index (κ3) is 4.62. The molecule has 29 heavy (non-hydrogen) atoms. The van der Waals surface area contributed by atoms with Crippen LogP contribution in [0.25, 0.3) is 11.3 Å². The Morgan fingerprint density at radius 1 is 1.00 bits per heavy atom. The van der Waals surface area contributed by atoms with Gasteiger partial charge in [0.25, 0.3) is 0 Å². The first-order valence-electron chi connectivity index (χ1n) is 10.1. The Balaban J connectivity index is 1.42. The minimum Gasteiger partial charge on any atom is -0.354 e. The molecule has 3 aromatic rings. The molecule has 0 saturated carbocycles. The summed E-state index contributed by atoms with van der Waals surface area (Å²) in [5, 5.41) is 11.9. The first kappa shape index (κ1) is 19.1. The van der Waals surface area contributed by atoms with Crippen LogP contribution < -0.4 is 10.2 Å². The molecule has 2 aromatic carbocycles. The highest BCUT2D eigenvalue weighted by atomic mass is 16.1. The van der Waals surface area contributed by atoms with Crippen molar-refractivity contribution in [3.8, 4) is 11.3 Å². The van der Waals surface area contributed by atoms with Crippen LogP contribution in [0.1, 0.15) is 24.0 Å². The fourth-order valence-electron chi connectivity index (χ4n) is 3.73. The first-order valence-corrected chi connectivity index (χ1v) is 10.1. The molecule has 1 aliphatic rings. The number of aromatic nitrogens is 2. The van der Waals surface area contributed by atoms with Crippen LogP contribution in [0, 0.1) is 19.8 Å². The van der Waals surface area contributed by atoms with E-state index in [9.17, 15) is 4.79 Å². The van der Waals surface area contributed by atoms with Crippen molar-refractivity contribution in [1.82, 2.24) is 10.2 Å². The number of carbonyl (C=O) groups excluding carboxylic acids is 1. The van der Waals surface area contributed by atoms with E-state index in [1.165, 1.54) is 11.1 Å². The summed E-state index contributed by atoms with van der Waals surface area (Å²) in [6.45, 7) is 5.67. The van der Waals surface area contributed by atoms with E-state index in [-0.39, 0.29) is 11.8 Å². The van der Waals surface area contributed by atoms with E-state index in [1.54, 1.807) is 0 Å². The zero-order chi connectivity index (χ0) is 20.2.